The Morgan fingerprint density at radius 3 is 2.07 bits per heavy atom. The van der Waals surface area contributed by atoms with Crippen molar-refractivity contribution in [3.63, 3.8) is 0 Å². The highest BCUT2D eigenvalue weighted by Gasteiger charge is 2.38. The molecule has 0 atom stereocenters. The first-order valence-corrected chi connectivity index (χ1v) is 12.7. The Bertz CT molecular complexity index is 542. The molecule has 0 radical (unpaired) electrons. The third-order valence-corrected chi connectivity index (χ3v) is 8.50. The molecule has 0 heterocycles. The molecule has 0 aromatic carbocycles. The van der Waals surface area contributed by atoms with Crippen LogP contribution in [0.5, 0.6) is 0 Å². The molecule has 29 heavy (non-hydrogen) atoms. The maximum atomic E-state index is 12.6. The number of ether oxygens (including phenoxy) is 1. The van der Waals surface area contributed by atoms with E-state index < -0.39 is 0 Å². The molecule has 0 aliphatic heterocycles. The van der Waals surface area contributed by atoms with Gasteiger partial charge in [0.25, 0.3) is 0 Å². The van der Waals surface area contributed by atoms with Gasteiger partial charge in [-0.1, -0.05) is 33.1 Å². The van der Waals surface area contributed by atoms with Crippen molar-refractivity contribution in [2.45, 2.75) is 123 Å². The summed E-state index contributed by atoms with van der Waals surface area (Å²) in [6.45, 7) is 4.46. The Hall–Kier alpha value is -1.04. The SMILES string of the molecule is CCCC1(C#N)CCC(C2CCC(OC(=O)[C@H]3CC[C@H](CCC)CC3)CC2)CC1. The van der Waals surface area contributed by atoms with Crippen LogP contribution in [-0.4, -0.2) is 12.1 Å². The van der Waals surface area contributed by atoms with E-state index in [0.29, 0.717) is 0 Å². The van der Waals surface area contributed by atoms with Crippen LogP contribution in [0.15, 0.2) is 0 Å². The Morgan fingerprint density at radius 2 is 1.52 bits per heavy atom. The standard InChI is InChI=1S/C26H43NO2/c1-3-5-20-6-8-23(9-7-20)25(28)29-24-12-10-21(11-13-24)22-14-17-26(19-27,16-4-2)18-15-22/h20-24H,3-18H2,1-2H3/t20-,21?,22?,23-,24?,26?. The highest BCUT2D eigenvalue weighted by atomic mass is 16.5. The zero-order valence-electron chi connectivity index (χ0n) is 19.0. The highest BCUT2D eigenvalue weighted by Crippen LogP contribution is 2.47. The van der Waals surface area contributed by atoms with Crippen molar-refractivity contribution in [3.05, 3.63) is 0 Å². The molecule has 3 aliphatic carbocycles. The van der Waals surface area contributed by atoms with Gasteiger partial charge < -0.3 is 4.74 Å². The van der Waals surface area contributed by atoms with Crippen LogP contribution in [0.4, 0.5) is 0 Å². The molecule has 3 aliphatic rings. The lowest BCUT2D eigenvalue weighted by atomic mass is 9.64. The summed E-state index contributed by atoms with van der Waals surface area (Å²) in [6.07, 6.45) is 18.6. The third kappa shape index (κ3) is 5.99. The van der Waals surface area contributed by atoms with E-state index in [-0.39, 0.29) is 23.4 Å². The third-order valence-electron chi connectivity index (χ3n) is 8.50. The Kier molecular flexibility index (Phi) is 8.45. The fraction of sp³-hybridized carbons (Fsp3) is 0.923. The van der Waals surface area contributed by atoms with Crippen LogP contribution in [-0.2, 0) is 9.53 Å². The van der Waals surface area contributed by atoms with Crippen LogP contribution < -0.4 is 0 Å². The smallest absolute Gasteiger partial charge is 0.309 e. The number of carbonyl (C=O) groups is 1. The first kappa shape index (κ1) is 22.6. The zero-order chi connectivity index (χ0) is 20.7. The molecule has 0 bridgehead atoms. The summed E-state index contributed by atoms with van der Waals surface area (Å²) in [5.74, 6) is 2.68. The quantitative estimate of drug-likeness (QED) is 0.424. The van der Waals surface area contributed by atoms with Gasteiger partial charge in [-0.3, -0.25) is 4.79 Å². The molecule has 164 valence electrons. The molecule has 0 aromatic rings. The van der Waals surface area contributed by atoms with Crippen molar-refractivity contribution in [1.29, 1.82) is 5.26 Å². The number of hydrogen-bond acceptors (Lipinski definition) is 3. The first-order valence-electron chi connectivity index (χ1n) is 12.7. The van der Waals surface area contributed by atoms with Crippen molar-refractivity contribution in [1.82, 2.24) is 0 Å². The second-order valence-corrected chi connectivity index (χ2v) is 10.5. The summed E-state index contributed by atoms with van der Waals surface area (Å²) in [6, 6.07) is 2.65. The number of esters is 1. The van der Waals surface area contributed by atoms with E-state index in [1.807, 2.05) is 0 Å². The van der Waals surface area contributed by atoms with Crippen LogP contribution in [0.1, 0.15) is 117 Å². The molecule has 0 unspecified atom stereocenters. The van der Waals surface area contributed by atoms with Crippen LogP contribution >= 0.6 is 0 Å². The van der Waals surface area contributed by atoms with Crippen molar-refractivity contribution in [3.8, 4) is 6.07 Å². The molecule has 3 heteroatoms. The lowest BCUT2D eigenvalue weighted by Crippen LogP contribution is -2.34. The molecule has 0 N–H and O–H groups in total. The minimum Gasteiger partial charge on any atom is -0.462 e. The van der Waals surface area contributed by atoms with E-state index in [9.17, 15) is 10.1 Å². The average molecular weight is 402 g/mol. The fourth-order valence-corrected chi connectivity index (χ4v) is 6.59. The fourth-order valence-electron chi connectivity index (χ4n) is 6.59. The summed E-state index contributed by atoms with van der Waals surface area (Å²) >= 11 is 0. The van der Waals surface area contributed by atoms with Gasteiger partial charge in [-0.15, -0.1) is 0 Å². The van der Waals surface area contributed by atoms with Gasteiger partial charge in [-0.2, -0.15) is 5.26 Å². The lowest BCUT2D eigenvalue weighted by molar-refractivity contribution is -0.157. The number of nitriles is 1. The van der Waals surface area contributed by atoms with Crippen LogP contribution in [0.3, 0.4) is 0 Å². The van der Waals surface area contributed by atoms with E-state index in [1.165, 1.54) is 51.4 Å². The molecule has 3 rings (SSSR count). The molecule has 3 nitrogen and oxygen atoms in total. The maximum Gasteiger partial charge on any atom is 0.309 e. The maximum absolute atomic E-state index is 12.6. The largest absolute Gasteiger partial charge is 0.462 e. The Balaban J connectivity index is 1.37. The molecule has 0 amide bonds. The second kappa shape index (κ2) is 10.8. The van der Waals surface area contributed by atoms with Crippen molar-refractivity contribution < 1.29 is 9.53 Å². The normalized spacial score (nSPS) is 38.2. The van der Waals surface area contributed by atoms with Crippen molar-refractivity contribution in [2.24, 2.45) is 29.1 Å². The van der Waals surface area contributed by atoms with E-state index in [1.54, 1.807) is 0 Å². The molecular weight excluding hydrogens is 358 g/mol. The van der Waals surface area contributed by atoms with E-state index in [2.05, 4.69) is 19.9 Å². The van der Waals surface area contributed by atoms with Gasteiger partial charge in [0.2, 0.25) is 0 Å². The van der Waals surface area contributed by atoms with E-state index in [0.717, 1.165) is 69.1 Å². The van der Waals surface area contributed by atoms with Gasteiger partial charge in [-0.05, 0) is 101 Å². The summed E-state index contributed by atoms with van der Waals surface area (Å²) < 4.78 is 5.96. The molecule has 0 spiro atoms. The van der Waals surface area contributed by atoms with Crippen LogP contribution in [0.25, 0.3) is 0 Å². The topological polar surface area (TPSA) is 50.1 Å². The number of carbonyl (C=O) groups excluding carboxylic acids is 1. The summed E-state index contributed by atoms with van der Waals surface area (Å²) in [5, 5.41) is 9.64. The van der Waals surface area contributed by atoms with Crippen molar-refractivity contribution in [2.75, 3.05) is 0 Å². The van der Waals surface area contributed by atoms with Crippen molar-refractivity contribution >= 4 is 5.97 Å². The summed E-state index contributed by atoms with van der Waals surface area (Å²) in [4.78, 5) is 12.6. The van der Waals surface area contributed by atoms with Gasteiger partial charge in [-0.25, -0.2) is 0 Å². The minimum atomic E-state index is -0.0336. The average Bonchev–Trinajstić information content (AvgIpc) is 2.76. The molecule has 0 aromatic heterocycles. The minimum absolute atomic E-state index is 0.0336. The number of nitrogens with zero attached hydrogens (tertiary/aromatic N) is 1. The highest BCUT2D eigenvalue weighted by molar-refractivity contribution is 5.72. The lowest BCUT2D eigenvalue weighted by Gasteiger charge is -2.40. The summed E-state index contributed by atoms with van der Waals surface area (Å²) in [5.41, 5.74) is -0.0336. The monoisotopic (exact) mass is 401 g/mol. The molecule has 3 saturated carbocycles. The Morgan fingerprint density at radius 1 is 0.897 bits per heavy atom. The van der Waals surface area contributed by atoms with Gasteiger partial charge in [0.15, 0.2) is 0 Å². The predicted molar refractivity (Wildman–Crippen MR) is 117 cm³/mol. The molecular formula is C26H43NO2. The second-order valence-electron chi connectivity index (χ2n) is 10.5. The van der Waals surface area contributed by atoms with E-state index in [4.69, 9.17) is 4.74 Å². The van der Waals surface area contributed by atoms with Crippen LogP contribution in [0, 0.1) is 40.4 Å². The van der Waals surface area contributed by atoms with Gasteiger partial charge in [0.05, 0.1) is 17.4 Å². The van der Waals surface area contributed by atoms with E-state index >= 15 is 0 Å². The first-order chi connectivity index (χ1) is 14.1. The molecule has 0 saturated heterocycles. The molecule has 3 fully saturated rings. The van der Waals surface area contributed by atoms with Crippen LogP contribution in [0.2, 0.25) is 0 Å². The predicted octanol–water partition coefficient (Wildman–Crippen LogP) is 7.20. The Labute approximate surface area is 179 Å². The summed E-state index contributed by atoms with van der Waals surface area (Å²) in [7, 11) is 0. The number of hydrogen-bond donors (Lipinski definition) is 0. The van der Waals surface area contributed by atoms with Gasteiger partial charge >= 0.3 is 5.97 Å². The zero-order valence-corrected chi connectivity index (χ0v) is 19.0. The van der Waals surface area contributed by atoms with Gasteiger partial charge in [0, 0.05) is 0 Å². The van der Waals surface area contributed by atoms with Gasteiger partial charge in [0.1, 0.15) is 6.10 Å². The number of rotatable bonds is 7.